The van der Waals surface area contributed by atoms with Crippen molar-refractivity contribution in [1.29, 1.82) is 0 Å². The summed E-state index contributed by atoms with van der Waals surface area (Å²) in [5, 5.41) is 9.92. The summed E-state index contributed by atoms with van der Waals surface area (Å²) >= 11 is 5.94. The van der Waals surface area contributed by atoms with Crippen molar-refractivity contribution in [3.05, 3.63) is 41.3 Å². The van der Waals surface area contributed by atoms with Gasteiger partial charge in [-0.05, 0) is 17.7 Å². The second kappa shape index (κ2) is 4.38. The number of hydrogen-bond donors (Lipinski definition) is 1. The molecule has 15 heavy (non-hydrogen) atoms. The summed E-state index contributed by atoms with van der Waals surface area (Å²) in [5.74, 6) is 0. The average Bonchev–Trinajstić information content (AvgIpc) is 2.27. The fourth-order valence-electron chi connectivity index (χ4n) is 1.34. The predicted octanol–water partition coefficient (Wildman–Crippen LogP) is 2.29. The molecule has 0 amide bonds. The molecule has 76 valence electrons. The fourth-order valence-corrected chi connectivity index (χ4v) is 1.53. The summed E-state index contributed by atoms with van der Waals surface area (Å²) in [6.45, 7) is 0.0249. The molecule has 0 aliphatic rings. The summed E-state index contributed by atoms with van der Waals surface area (Å²) in [4.78, 5) is 8.00. The van der Waals surface area contributed by atoms with E-state index in [2.05, 4.69) is 9.97 Å². The third-order valence-electron chi connectivity index (χ3n) is 2.03. The minimum atomic E-state index is 0.0249. The Balaban J connectivity index is 2.54. The number of aliphatic hydroxyl groups is 1. The number of benzene rings is 1. The van der Waals surface area contributed by atoms with Gasteiger partial charge in [0.05, 0.1) is 12.1 Å². The van der Waals surface area contributed by atoms with Crippen molar-refractivity contribution in [2.75, 3.05) is 6.61 Å². The van der Waals surface area contributed by atoms with E-state index in [1.54, 1.807) is 6.08 Å². The topological polar surface area (TPSA) is 46.0 Å². The third-order valence-corrected chi connectivity index (χ3v) is 2.33. The zero-order chi connectivity index (χ0) is 10.7. The van der Waals surface area contributed by atoms with E-state index in [0.29, 0.717) is 5.15 Å². The molecule has 3 nitrogen and oxygen atoms in total. The molecule has 0 saturated heterocycles. The van der Waals surface area contributed by atoms with Crippen molar-refractivity contribution in [1.82, 2.24) is 9.97 Å². The van der Waals surface area contributed by atoms with Crippen LogP contribution >= 0.6 is 11.6 Å². The van der Waals surface area contributed by atoms with E-state index in [-0.39, 0.29) is 6.61 Å². The maximum absolute atomic E-state index is 8.66. The molecule has 0 radical (unpaired) electrons. The van der Waals surface area contributed by atoms with Gasteiger partial charge in [-0.15, -0.1) is 0 Å². The number of aromatic nitrogens is 2. The van der Waals surface area contributed by atoms with Crippen LogP contribution in [-0.2, 0) is 0 Å². The summed E-state index contributed by atoms with van der Waals surface area (Å²) in [6, 6.07) is 5.68. The van der Waals surface area contributed by atoms with Crippen molar-refractivity contribution < 1.29 is 5.11 Å². The number of fused-ring (bicyclic) bond motifs is 1. The first-order valence-electron chi connectivity index (χ1n) is 4.49. The van der Waals surface area contributed by atoms with Gasteiger partial charge in [0, 0.05) is 5.39 Å². The normalized spacial score (nSPS) is 11.3. The second-order valence-electron chi connectivity index (χ2n) is 3.03. The zero-order valence-electron chi connectivity index (χ0n) is 7.89. The summed E-state index contributed by atoms with van der Waals surface area (Å²) < 4.78 is 0. The van der Waals surface area contributed by atoms with Crippen molar-refractivity contribution in [3.8, 4) is 0 Å². The molecule has 4 heteroatoms. The van der Waals surface area contributed by atoms with Crippen molar-refractivity contribution in [2.24, 2.45) is 0 Å². The van der Waals surface area contributed by atoms with Gasteiger partial charge in [0.15, 0.2) is 0 Å². The predicted molar refractivity (Wildman–Crippen MR) is 60.7 cm³/mol. The van der Waals surface area contributed by atoms with Crippen LogP contribution in [0.2, 0.25) is 5.15 Å². The Labute approximate surface area is 92.1 Å². The van der Waals surface area contributed by atoms with Gasteiger partial charge in [-0.25, -0.2) is 9.97 Å². The maximum atomic E-state index is 8.66. The molecule has 0 aliphatic heterocycles. The lowest BCUT2D eigenvalue weighted by atomic mass is 10.1. The molecule has 2 rings (SSSR count). The highest BCUT2D eigenvalue weighted by Crippen LogP contribution is 2.20. The Kier molecular flexibility index (Phi) is 2.94. The Morgan fingerprint density at radius 2 is 2.20 bits per heavy atom. The van der Waals surface area contributed by atoms with Crippen LogP contribution in [0.25, 0.3) is 17.0 Å². The van der Waals surface area contributed by atoms with Crippen LogP contribution in [0.4, 0.5) is 0 Å². The first kappa shape index (κ1) is 10.1. The van der Waals surface area contributed by atoms with Gasteiger partial charge in [0.25, 0.3) is 0 Å². The van der Waals surface area contributed by atoms with Gasteiger partial charge >= 0.3 is 0 Å². The lowest BCUT2D eigenvalue weighted by Gasteiger charge is -1.99. The average molecular weight is 221 g/mol. The number of rotatable bonds is 2. The molecule has 0 fully saturated rings. The Morgan fingerprint density at radius 1 is 1.33 bits per heavy atom. The number of aliphatic hydroxyl groups excluding tert-OH is 1. The Hall–Kier alpha value is -1.45. The SMILES string of the molecule is OCC=Cc1ccc2ncnc(Cl)c2c1. The molecule has 2 aromatic rings. The molecule has 1 N–H and O–H groups in total. The second-order valence-corrected chi connectivity index (χ2v) is 3.38. The van der Waals surface area contributed by atoms with Gasteiger partial charge in [0.2, 0.25) is 0 Å². The fraction of sp³-hybridized carbons (Fsp3) is 0.0909. The Bertz CT molecular complexity index is 511. The zero-order valence-corrected chi connectivity index (χ0v) is 8.65. The monoisotopic (exact) mass is 220 g/mol. The standard InChI is InChI=1S/C11H9ClN2O/c12-11-9-6-8(2-1-5-15)3-4-10(9)13-7-14-11/h1-4,6-7,15H,5H2. The molecule has 0 bridgehead atoms. The molecule has 1 aromatic heterocycles. The molecular weight excluding hydrogens is 212 g/mol. The van der Waals surface area contributed by atoms with Crippen LogP contribution in [0.3, 0.4) is 0 Å². The minimum Gasteiger partial charge on any atom is -0.392 e. The van der Waals surface area contributed by atoms with Crippen molar-refractivity contribution in [2.45, 2.75) is 0 Å². The quantitative estimate of drug-likeness (QED) is 0.790. The van der Waals surface area contributed by atoms with Crippen molar-refractivity contribution in [3.63, 3.8) is 0 Å². The van der Waals surface area contributed by atoms with Crippen LogP contribution in [0.15, 0.2) is 30.6 Å². The van der Waals surface area contributed by atoms with Gasteiger partial charge in [-0.1, -0.05) is 29.8 Å². The van der Waals surface area contributed by atoms with Crippen LogP contribution < -0.4 is 0 Å². The van der Waals surface area contributed by atoms with Crippen LogP contribution in [0.1, 0.15) is 5.56 Å². The molecule has 0 saturated carbocycles. The smallest absolute Gasteiger partial charge is 0.140 e. The van der Waals surface area contributed by atoms with E-state index in [1.165, 1.54) is 6.33 Å². The lowest BCUT2D eigenvalue weighted by molar-refractivity contribution is 0.343. The van der Waals surface area contributed by atoms with Gasteiger partial charge < -0.3 is 5.11 Å². The van der Waals surface area contributed by atoms with E-state index in [9.17, 15) is 0 Å². The van der Waals surface area contributed by atoms with E-state index < -0.39 is 0 Å². The first-order chi connectivity index (χ1) is 7.31. The minimum absolute atomic E-state index is 0.0249. The molecule has 1 aromatic carbocycles. The number of halogens is 1. The van der Waals surface area contributed by atoms with Crippen LogP contribution in [-0.4, -0.2) is 21.7 Å². The molecule has 0 atom stereocenters. The molecular formula is C11H9ClN2O. The number of hydrogen-bond acceptors (Lipinski definition) is 3. The maximum Gasteiger partial charge on any atom is 0.140 e. The highest BCUT2D eigenvalue weighted by molar-refractivity contribution is 6.34. The van der Waals surface area contributed by atoms with Gasteiger partial charge in [0.1, 0.15) is 11.5 Å². The lowest BCUT2D eigenvalue weighted by Crippen LogP contribution is -1.84. The van der Waals surface area contributed by atoms with E-state index in [4.69, 9.17) is 16.7 Å². The van der Waals surface area contributed by atoms with E-state index in [1.807, 2.05) is 24.3 Å². The van der Waals surface area contributed by atoms with Gasteiger partial charge in [-0.2, -0.15) is 0 Å². The largest absolute Gasteiger partial charge is 0.392 e. The molecule has 0 unspecified atom stereocenters. The Morgan fingerprint density at radius 3 is 3.00 bits per heavy atom. The van der Waals surface area contributed by atoms with Crippen molar-refractivity contribution >= 4 is 28.6 Å². The van der Waals surface area contributed by atoms with Crippen LogP contribution in [0.5, 0.6) is 0 Å². The highest BCUT2D eigenvalue weighted by Gasteiger charge is 2.00. The first-order valence-corrected chi connectivity index (χ1v) is 4.87. The summed E-state index contributed by atoms with van der Waals surface area (Å²) in [7, 11) is 0. The summed E-state index contributed by atoms with van der Waals surface area (Å²) in [6.07, 6.45) is 4.93. The van der Waals surface area contributed by atoms with Gasteiger partial charge in [-0.3, -0.25) is 0 Å². The summed E-state index contributed by atoms with van der Waals surface area (Å²) in [5.41, 5.74) is 1.78. The number of nitrogens with zero attached hydrogens (tertiary/aromatic N) is 2. The van der Waals surface area contributed by atoms with E-state index >= 15 is 0 Å². The van der Waals surface area contributed by atoms with E-state index in [0.717, 1.165) is 16.5 Å². The molecule has 0 spiro atoms. The highest BCUT2D eigenvalue weighted by atomic mass is 35.5. The molecule has 1 heterocycles. The molecule has 0 aliphatic carbocycles. The van der Waals surface area contributed by atoms with Crippen LogP contribution in [0, 0.1) is 0 Å². The third kappa shape index (κ3) is 2.14.